The summed E-state index contributed by atoms with van der Waals surface area (Å²) in [5, 5.41) is 0. The fourth-order valence-electron chi connectivity index (χ4n) is 1.90. The number of likely N-dealkylation sites (tertiary alicyclic amines) is 1. The molecule has 2 heteroatoms. The highest BCUT2D eigenvalue weighted by molar-refractivity contribution is 5.50. The molecular formula is C11H12NO. The van der Waals surface area contributed by atoms with Crippen LogP contribution >= 0.6 is 0 Å². The van der Waals surface area contributed by atoms with Crippen molar-refractivity contribution in [3.05, 3.63) is 35.9 Å². The van der Waals surface area contributed by atoms with Crippen LogP contribution in [-0.2, 0) is 4.79 Å². The van der Waals surface area contributed by atoms with Crippen molar-refractivity contribution in [1.29, 1.82) is 0 Å². The zero-order chi connectivity index (χ0) is 9.10. The lowest BCUT2D eigenvalue weighted by atomic mass is 10.1. The first kappa shape index (κ1) is 8.30. The Labute approximate surface area is 78.2 Å². The molecule has 1 unspecified atom stereocenters. The van der Waals surface area contributed by atoms with Crippen molar-refractivity contribution in [3.8, 4) is 0 Å². The predicted molar refractivity (Wildman–Crippen MR) is 50.8 cm³/mol. The van der Waals surface area contributed by atoms with Crippen LogP contribution in [0.5, 0.6) is 0 Å². The zero-order valence-electron chi connectivity index (χ0n) is 7.44. The molecule has 1 fully saturated rings. The molecule has 1 heterocycles. The van der Waals surface area contributed by atoms with Gasteiger partial charge in [-0.25, -0.2) is 0 Å². The summed E-state index contributed by atoms with van der Waals surface area (Å²) in [7, 11) is 0. The molecule has 1 aliphatic rings. The van der Waals surface area contributed by atoms with Crippen molar-refractivity contribution in [2.24, 2.45) is 0 Å². The molecule has 1 amide bonds. The normalized spacial score (nSPS) is 21.8. The highest BCUT2D eigenvalue weighted by Gasteiger charge is 2.24. The Morgan fingerprint density at radius 2 is 2.08 bits per heavy atom. The van der Waals surface area contributed by atoms with Gasteiger partial charge < -0.3 is 4.90 Å². The second kappa shape index (κ2) is 3.60. The molecule has 0 spiro atoms. The SMILES string of the molecule is O=[C]N1CCCC1c1ccccc1. The Bertz CT molecular complexity index is 283. The summed E-state index contributed by atoms with van der Waals surface area (Å²) in [6.45, 7) is 0.850. The smallest absolute Gasteiger partial charge is 0.312 e. The van der Waals surface area contributed by atoms with E-state index < -0.39 is 0 Å². The van der Waals surface area contributed by atoms with E-state index in [1.165, 1.54) is 5.56 Å². The number of nitrogens with zero attached hydrogens (tertiary/aromatic N) is 1. The molecule has 1 aromatic carbocycles. The van der Waals surface area contributed by atoms with Crippen LogP contribution in [0.25, 0.3) is 0 Å². The summed E-state index contributed by atoms with van der Waals surface area (Å²) in [6.07, 6.45) is 4.16. The number of hydrogen-bond acceptors (Lipinski definition) is 1. The van der Waals surface area contributed by atoms with Crippen molar-refractivity contribution in [2.75, 3.05) is 6.54 Å². The van der Waals surface area contributed by atoms with Gasteiger partial charge in [-0.3, -0.25) is 4.79 Å². The molecule has 2 rings (SSSR count). The summed E-state index contributed by atoms with van der Waals surface area (Å²) in [5.41, 5.74) is 1.23. The standard InChI is InChI=1S/C11H12NO/c13-9-12-8-4-7-11(12)10-5-2-1-3-6-10/h1-3,5-6,11H,4,7-8H2. The van der Waals surface area contributed by atoms with E-state index in [9.17, 15) is 4.79 Å². The van der Waals surface area contributed by atoms with Crippen LogP contribution < -0.4 is 0 Å². The Hall–Kier alpha value is -1.31. The molecule has 0 saturated carbocycles. The molecule has 0 N–H and O–H groups in total. The molecule has 67 valence electrons. The second-order valence-corrected chi connectivity index (χ2v) is 3.35. The average molecular weight is 174 g/mol. The summed E-state index contributed by atoms with van der Waals surface area (Å²) >= 11 is 0. The molecule has 0 aliphatic carbocycles. The first-order chi connectivity index (χ1) is 6.42. The van der Waals surface area contributed by atoms with E-state index in [0.29, 0.717) is 0 Å². The monoisotopic (exact) mass is 174 g/mol. The lowest BCUT2D eigenvalue weighted by Gasteiger charge is -2.18. The highest BCUT2D eigenvalue weighted by atomic mass is 16.1. The number of carbonyl (C=O) groups excluding carboxylic acids is 1. The van der Waals surface area contributed by atoms with E-state index in [1.807, 2.05) is 24.6 Å². The molecular weight excluding hydrogens is 162 g/mol. The number of hydrogen-bond donors (Lipinski definition) is 0. The molecule has 1 saturated heterocycles. The van der Waals surface area contributed by atoms with Gasteiger partial charge in [0, 0.05) is 6.54 Å². The van der Waals surface area contributed by atoms with Crippen molar-refractivity contribution in [2.45, 2.75) is 18.9 Å². The molecule has 1 atom stereocenters. The maximum absolute atomic E-state index is 10.6. The molecule has 0 bridgehead atoms. The van der Waals surface area contributed by atoms with Gasteiger partial charge in [-0.1, -0.05) is 30.3 Å². The minimum atomic E-state index is 0.263. The quantitative estimate of drug-likeness (QED) is 0.670. The second-order valence-electron chi connectivity index (χ2n) is 3.35. The van der Waals surface area contributed by atoms with Gasteiger partial charge in [0.15, 0.2) is 0 Å². The predicted octanol–water partition coefficient (Wildman–Crippen LogP) is 1.89. The van der Waals surface area contributed by atoms with Gasteiger partial charge >= 0.3 is 6.41 Å². The summed E-state index contributed by atoms with van der Waals surface area (Å²) < 4.78 is 0. The van der Waals surface area contributed by atoms with Crippen LogP contribution in [0.1, 0.15) is 24.4 Å². The third-order valence-electron chi connectivity index (χ3n) is 2.55. The van der Waals surface area contributed by atoms with Crippen molar-refractivity contribution >= 4 is 6.41 Å². The first-order valence-corrected chi connectivity index (χ1v) is 4.61. The van der Waals surface area contributed by atoms with Gasteiger partial charge in [0.2, 0.25) is 0 Å². The lowest BCUT2D eigenvalue weighted by molar-refractivity contribution is 0.365. The molecule has 0 aromatic heterocycles. The Morgan fingerprint density at radius 3 is 2.77 bits per heavy atom. The Kier molecular flexibility index (Phi) is 2.30. The zero-order valence-corrected chi connectivity index (χ0v) is 7.44. The van der Waals surface area contributed by atoms with Crippen LogP contribution in [0.2, 0.25) is 0 Å². The van der Waals surface area contributed by atoms with Crippen LogP contribution in [0.3, 0.4) is 0 Å². The van der Waals surface area contributed by atoms with Gasteiger partial charge in [0.25, 0.3) is 0 Å². The minimum absolute atomic E-state index is 0.263. The number of benzene rings is 1. The van der Waals surface area contributed by atoms with Crippen molar-refractivity contribution < 1.29 is 4.79 Å². The van der Waals surface area contributed by atoms with E-state index >= 15 is 0 Å². The summed E-state index contributed by atoms with van der Waals surface area (Å²) in [5.74, 6) is 0. The summed E-state index contributed by atoms with van der Waals surface area (Å²) in [6, 6.07) is 10.4. The van der Waals surface area contributed by atoms with Crippen LogP contribution in [0.15, 0.2) is 30.3 Å². The maximum atomic E-state index is 10.6. The van der Waals surface area contributed by atoms with E-state index in [0.717, 1.165) is 19.4 Å². The maximum Gasteiger partial charge on any atom is 0.312 e. The van der Waals surface area contributed by atoms with Crippen LogP contribution in [0, 0.1) is 0 Å². The fraction of sp³-hybridized carbons (Fsp3) is 0.364. The average Bonchev–Trinajstić information content (AvgIpc) is 2.67. The molecule has 1 radical (unpaired) electrons. The molecule has 2 nitrogen and oxygen atoms in total. The van der Waals surface area contributed by atoms with Crippen LogP contribution in [0.4, 0.5) is 0 Å². The van der Waals surface area contributed by atoms with E-state index in [2.05, 4.69) is 12.1 Å². The third kappa shape index (κ3) is 1.57. The van der Waals surface area contributed by atoms with Gasteiger partial charge in [0.05, 0.1) is 6.04 Å². The third-order valence-corrected chi connectivity index (χ3v) is 2.55. The minimum Gasteiger partial charge on any atom is -0.327 e. The fourth-order valence-corrected chi connectivity index (χ4v) is 1.90. The Balaban J connectivity index is 2.21. The molecule has 13 heavy (non-hydrogen) atoms. The van der Waals surface area contributed by atoms with Gasteiger partial charge in [-0.05, 0) is 18.4 Å². The first-order valence-electron chi connectivity index (χ1n) is 4.61. The number of rotatable bonds is 2. The van der Waals surface area contributed by atoms with Gasteiger partial charge in [-0.15, -0.1) is 0 Å². The summed E-state index contributed by atoms with van der Waals surface area (Å²) in [4.78, 5) is 12.4. The lowest BCUT2D eigenvalue weighted by Crippen LogP contribution is -2.20. The van der Waals surface area contributed by atoms with E-state index in [-0.39, 0.29) is 6.04 Å². The van der Waals surface area contributed by atoms with E-state index in [4.69, 9.17) is 0 Å². The van der Waals surface area contributed by atoms with Gasteiger partial charge in [0.1, 0.15) is 0 Å². The van der Waals surface area contributed by atoms with Crippen molar-refractivity contribution in [1.82, 2.24) is 4.90 Å². The molecule has 1 aromatic rings. The van der Waals surface area contributed by atoms with Crippen LogP contribution in [-0.4, -0.2) is 17.9 Å². The molecule has 1 aliphatic heterocycles. The number of amides is 1. The Morgan fingerprint density at radius 1 is 1.31 bits per heavy atom. The highest BCUT2D eigenvalue weighted by Crippen LogP contribution is 2.29. The largest absolute Gasteiger partial charge is 0.327 e. The van der Waals surface area contributed by atoms with Crippen molar-refractivity contribution in [3.63, 3.8) is 0 Å². The topological polar surface area (TPSA) is 20.3 Å². The van der Waals surface area contributed by atoms with Gasteiger partial charge in [-0.2, -0.15) is 0 Å². The van der Waals surface area contributed by atoms with E-state index in [1.54, 1.807) is 4.90 Å².